The molecule has 5 heteroatoms. The summed E-state index contributed by atoms with van der Waals surface area (Å²) in [5.41, 5.74) is 2.47. The Morgan fingerprint density at radius 3 is 2.65 bits per heavy atom. The highest BCUT2D eigenvalue weighted by Gasteiger charge is 2.13. The Kier molecular flexibility index (Phi) is 3.49. The Hall–Kier alpha value is -1.75. The Morgan fingerprint density at radius 1 is 1.29 bits per heavy atom. The van der Waals surface area contributed by atoms with Gasteiger partial charge in [0, 0.05) is 0 Å². The predicted molar refractivity (Wildman–Crippen MR) is 65.6 cm³/mol. The fourth-order valence-electron chi connectivity index (χ4n) is 1.77. The van der Waals surface area contributed by atoms with Crippen molar-refractivity contribution in [3.05, 3.63) is 41.2 Å². The number of aromatic nitrogens is 4. The lowest BCUT2D eigenvalue weighted by molar-refractivity contribution is 0.512. The average Bonchev–Trinajstić information content (AvgIpc) is 2.78. The molecule has 1 heterocycles. The highest BCUT2D eigenvalue weighted by atomic mass is 15.6. The summed E-state index contributed by atoms with van der Waals surface area (Å²) in [6.45, 7) is 4.85. The maximum absolute atomic E-state index is 4.05. The monoisotopic (exact) mass is 231 g/mol. The van der Waals surface area contributed by atoms with Crippen LogP contribution in [0.3, 0.4) is 0 Å². The van der Waals surface area contributed by atoms with Gasteiger partial charge in [-0.1, -0.05) is 29.8 Å². The molecule has 0 aliphatic heterocycles. The van der Waals surface area contributed by atoms with Crippen molar-refractivity contribution in [1.29, 1.82) is 0 Å². The van der Waals surface area contributed by atoms with Crippen molar-refractivity contribution in [3.8, 4) is 0 Å². The summed E-state index contributed by atoms with van der Waals surface area (Å²) >= 11 is 0. The minimum Gasteiger partial charge on any atom is -0.313 e. The third kappa shape index (κ3) is 2.50. The zero-order chi connectivity index (χ0) is 12.3. The summed E-state index contributed by atoms with van der Waals surface area (Å²) in [6.07, 6.45) is 0. The summed E-state index contributed by atoms with van der Waals surface area (Å²) < 4.78 is 1.85. The number of rotatable bonds is 4. The Labute approximate surface area is 101 Å². The van der Waals surface area contributed by atoms with E-state index in [1.807, 2.05) is 11.7 Å². The van der Waals surface area contributed by atoms with Gasteiger partial charge in [-0.25, -0.2) is 4.68 Å². The van der Waals surface area contributed by atoms with Gasteiger partial charge in [-0.2, -0.15) is 0 Å². The summed E-state index contributed by atoms with van der Waals surface area (Å²) in [6, 6.07) is 8.59. The molecule has 1 N–H and O–H groups in total. The van der Waals surface area contributed by atoms with Gasteiger partial charge in [0.15, 0.2) is 5.82 Å². The molecule has 5 nitrogen and oxygen atoms in total. The molecule has 0 radical (unpaired) electrons. The first-order valence-corrected chi connectivity index (χ1v) is 5.70. The minimum atomic E-state index is 0.147. The molecule has 2 aromatic rings. The van der Waals surface area contributed by atoms with Crippen LogP contribution >= 0.6 is 0 Å². The van der Waals surface area contributed by atoms with Crippen LogP contribution in [0.1, 0.15) is 29.9 Å². The van der Waals surface area contributed by atoms with Gasteiger partial charge in [0.05, 0.1) is 12.6 Å². The van der Waals surface area contributed by atoms with Crippen LogP contribution in [-0.4, -0.2) is 27.3 Å². The highest BCUT2D eigenvalue weighted by Crippen LogP contribution is 2.17. The normalized spacial score (nSPS) is 12.6. The third-order valence-electron chi connectivity index (χ3n) is 2.82. The second-order valence-corrected chi connectivity index (χ2v) is 4.16. The third-order valence-corrected chi connectivity index (χ3v) is 2.82. The van der Waals surface area contributed by atoms with E-state index < -0.39 is 0 Å². The molecule has 90 valence electrons. The molecule has 1 unspecified atom stereocenters. The molecular weight excluding hydrogens is 214 g/mol. The lowest BCUT2D eigenvalue weighted by Gasteiger charge is -2.13. The highest BCUT2D eigenvalue weighted by molar-refractivity contribution is 5.24. The molecule has 0 aliphatic rings. The van der Waals surface area contributed by atoms with Crippen molar-refractivity contribution in [2.45, 2.75) is 26.4 Å². The number of tetrazole rings is 1. The number of nitrogens with zero attached hydrogens (tertiary/aromatic N) is 4. The number of nitrogens with one attached hydrogen (secondary N) is 1. The Bertz CT molecular complexity index is 474. The largest absolute Gasteiger partial charge is 0.313 e. The van der Waals surface area contributed by atoms with Crippen molar-refractivity contribution in [2.24, 2.45) is 0 Å². The SMILES string of the molecule is CNCc1nnnn1C(C)c1ccc(C)cc1. The fourth-order valence-corrected chi connectivity index (χ4v) is 1.77. The van der Waals surface area contributed by atoms with Gasteiger partial charge in [0.2, 0.25) is 0 Å². The molecule has 1 atom stereocenters. The van der Waals surface area contributed by atoms with E-state index >= 15 is 0 Å². The van der Waals surface area contributed by atoms with Crippen LogP contribution in [0.2, 0.25) is 0 Å². The van der Waals surface area contributed by atoms with Gasteiger partial charge in [0.25, 0.3) is 0 Å². The van der Waals surface area contributed by atoms with Crippen molar-refractivity contribution in [2.75, 3.05) is 7.05 Å². The van der Waals surface area contributed by atoms with Gasteiger partial charge in [-0.15, -0.1) is 5.10 Å². The molecular formula is C12H17N5. The molecule has 2 rings (SSSR count). The first kappa shape index (κ1) is 11.7. The molecule has 1 aromatic carbocycles. The topological polar surface area (TPSA) is 55.6 Å². The lowest BCUT2D eigenvalue weighted by atomic mass is 10.1. The summed E-state index contributed by atoms with van der Waals surface area (Å²) in [5.74, 6) is 0.848. The lowest BCUT2D eigenvalue weighted by Crippen LogP contribution is -2.17. The van der Waals surface area contributed by atoms with Crippen LogP contribution in [0.5, 0.6) is 0 Å². The van der Waals surface area contributed by atoms with Crippen molar-refractivity contribution in [3.63, 3.8) is 0 Å². The van der Waals surface area contributed by atoms with E-state index in [0.717, 1.165) is 5.82 Å². The number of aryl methyl sites for hydroxylation is 1. The van der Waals surface area contributed by atoms with Crippen molar-refractivity contribution < 1.29 is 0 Å². The predicted octanol–water partition coefficient (Wildman–Crippen LogP) is 1.31. The quantitative estimate of drug-likeness (QED) is 0.862. The molecule has 0 bridgehead atoms. The summed E-state index contributed by atoms with van der Waals surface area (Å²) in [4.78, 5) is 0. The molecule has 0 aliphatic carbocycles. The first-order valence-electron chi connectivity index (χ1n) is 5.70. The molecule has 0 fully saturated rings. The Morgan fingerprint density at radius 2 is 2.00 bits per heavy atom. The summed E-state index contributed by atoms with van der Waals surface area (Å²) in [5, 5.41) is 14.8. The molecule has 0 spiro atoms. The maximum atomic E-state index is 4.05. The fraction of sp³-hybridized carbons (Fsp3) is 0.417. The van der Waals surface area contributed by atoms with Gasteiger partial charge in [-0.05, 0) is 36.9 Å². The van der Waals surface area contributed by atoms with Crippen LogP contribution in [0.4, 0.5) is 0 Å². The van der Waals surface area contributed by atoms with E-state index in [0.29, 0.717) is 6.54 Å². The second-order valence-electron chi connectivity index (χ2n) is 4.16. The smallest absolute Gasteiger partial charge is 0.165 e. The van der Waals surface area contributed by atoms with Gasteiger partial charge >= 0.3 is 0 Å². The molecule has 0 saturated carbocycles. The van der Waals surface area contributed by atoms with Gasteiger partial charge in [0.1, 0.15) is 0 Å². The zero-order valence-electron chi connectivity index (χ0n) is 10.4. The van der Waals surface area contributed by atoms with E-state index in [2.05, 4.69) is 59.0 Å². The number of benzene rings is 1. The van der Waals surface area contributed by atoms with Crippen molar-refractivity contribution >= 4 is 0 Å². The first-order chi connectivity index (χ1) is 8.22. The zero-order valence-corrected chi connectivity index (χ0v) is 10.4. The van der Waals surface area contributed by atoms with Crippen LogP contribution < -0.4 is 5.32 Å². The minimum absolute atomic E-state index is 0.147. The second kappa shape index (κ2) is 5.05. The summed E-state index contributed by atoms with van der Waals surface area (Å²) in [7, 11) is 1.88. The van der Waals surface area contributed by atoms with Gasteiger partial charge < -0.3 is 5.32 Å². The molecule has 17 heavy (non-hydrogen) atoms. The maximum Gasteiger partial charge on any atom is 0.165 e. The van der Waals surface area contributed by atoms with Gasteiger partial charge in [-0.3, -0.25) is 0 Å². The molecule has 0 amide bonds. The average molecular weight is 231 g/mol. The Balaban J connectivity index is 2.26. The van der Waals surface area contributed by atoms with E-state index in [4.69, 9.17) is 0 Å². The van der Waals surface area contributed by atoms with Crippen LogP contribution in [0.25, 0.3) is 0 Å². The number of hydrogen-bond donors (Lipinski definition) is 1. The van der Waals surface area contributed by atoms with Crippen LogP contribution in [0.15, 0.2) is 24.3 Å². The van der Waals surface area contributed by atoms with E-state index in [1.54, 1.807) is 0 Å². The van der Waals surface area contributed by atoms with Crippen molar-refractivity contribution in [1.82, 2.24) is 25.5 Å². The number of hydrogen-bond acceptors (Lipinski definition) is 4. The van der Waals surface area contributed by atoms with E-state index in [-0.39, 0.29) is 6.04 Å². The molecule has 1 aromatic heterocycles. The van der Waals surface area contributed by atoms with E-state index in [1.165, 1.54) is 11.1 Å². The van der Waals surface area contributed by atoms with Crippen LogP contribution in [-0.2, 0) is 6.54 Å². The van der Waals surface area contributed by atoms with E-state index in [9.17, 15) is 0 Å². The molecule has 0 saturated heterocycles. The van der Waals surface area contributed by atoms with Crippen LogP contribution in [0, 0.1) is 6.92 Å². The standard InChI is InChI=1S/C12H17N5/c1-9-4-6-11(7-5-9)10(2)17-12(8-13-3)14-15-16-17/h4-7,10,13H,8H2,1-3H3.